The van der Waals surface area contributed by atoms with Crippen molar-refractivity contribution in [1.29, 1.82) is 0 Å². The fourth-order valence-electron chi connectivity index (χ4n) is 2.22. The van der Waals surface area contributed by atoms with Crippen molar-refractivity contribution in [2.45, 2.75) is 12.8 Å². The number of ether oxygens (including phenoxy) is 1. The number of hydrogen-bond acceptors (Lipinski definition) is 5. The zero-order valence-corrected chi connectivity index (χ0v) is 14.7. The van der Waals surface area contributed by atoms with Gasteiger partial charge < -0.3 is 10.1 Å². The van der Waals surface area contributed by atoms with E-state index in [0.29, 0.717) is 27.8 Å². The van der Waals surface area contributed by atoms with Gasteiger partial charge in [-0.2, -0.15) is 18.3 Å². The molecule has 1 fully saturated rings. The Morgan fingerprint density at radius 1 is 1.19 bits per heavy atom. The Morgan fingerprint density at radius 3 is 2.74 bits per heavy atom. The molecule has 0 aliphatic carbocycles. The standard InChI is InChI=1S/C18H14F3N3O2S/c19-18(20,21)14-5-1-4-13(7-14)10-26-15-6-2-3-12(8-15)9-22-24-17-23-16(25)11-27-17/h1-9H,10-11H2,(H,23,24,25). The Balaban J connectivity index is 1.62. The van der Waals surface area contributed by atoms with Crippen LogP contribution in [0.15, 0.2) is 58.7 Å². The van der Waals surface area contributed by atoms with Gasteiger partial charge in [-0.3, -0.25) is 4.79 Å². The van der Waals surface area contributed by atoms with Gasteiger partial charge in [0.05, 0.1) is 17.5 Å². The number of carbonyl (C=O) groups is 1. The first-order valence-corrected chi connectivity index (χ1v) is 8.81. The Morgan fingerprint density at radius 2 is 2.00 bits per heavy atom. The molecule has 2 aromatic rings. The predicted octanol–water partition coefficient (Wildman–Crippen LogP) is 3.84. The molecule has 3 rings (SSSR count). The summed E-state index contributed by atoms with van der Waals surface area (Å²) < 4.78 is 43.8. The SMILES string of the molecule is O=C1CSC(=NN=Cc2cccc(OCc3cccc(C(F)(F)F)c3)c2)N1. The smallest absolute Gasteiger partial charge is 0.416 e. The molecule has 1 aliphatic heterocycles. The lowest BCUT2D eigenvalue weighted by atomic mass is 10.1. The van der Waals surface area contributed by atoms with Crippen molar-refractivity contribution in [2.75, 3.05) is 5.75 Å². The molecule has 0 spiro atoms. The number of carbonyl (C=O) groups excluding carboxylic acids is 1. The van der Waals surface area contributed by atoms with Gasteiger partial charge in [-0.25, -0.2) is 0 Å². The lowest BCUT2D eigenvalue weighted by Crippen LogP contribution is -2.19. The van der Waals surface area contributed by atoms with E-state index in [9.17, 15) is 18.0 Å². The van der Waals surface area contributed by atoms with Crippen LogP contribution in [0, 0.1) is 0 Å². The minimum absolute atomic E-state index is 0.00941. The van der Waals surface area contributed by atoms with Crippen LogP contribution in [0.2, 0.25) is 0 Å². The zero-order valence-electron chi connectivity index (χ0n) is 13.9. The number of thioether (sulfide) groups is 1. The summed E-state index contributed by atoms with van der Waals surface area (Å²) in [5, 5.41) is 10.8. The molecule has 0 aromatic heterocycles. The van der Waals surface area contributed by atoms with Crippen LogP contribution in [-0.2, 0) is 17.6 Å². The van der Waals surface area contributed by atoms with E-state index in [1.807, 2.05) is 0 Å². The van der Waals surface area contributed by atoms with Crippen molar-refractivity contribution in [1.82, 2.24) is 5.32 Å². The van der Waals surface area contributed by atoms with Crippen LogP contribution in [0.5, 0.6) is 5.75 Å². The molecule has 140 valence electrons. The van der Waals surface area contributed by atoms with Crippen LogP contribution in [-0.4, -0.2) is 23.0 Å². The summed E-state index contributed by atoms with van der Waals surface area (Å²) in [5.41, 5.74) is 0.417. The number of halogens is 3. The first kappa shape index (κ1) is 19.0. The lowest BCUT2D eigenvalue weighted by molar-refractivity contribution is -0.137. The minimum Gasteiger partial charge on any atom is -0.489 e. The Hall–Kier alpha value is -2.81. The summed E-state index contributed by atoms with van der Waals surface area (Å²) in [5.74, 6) is 0.708. The van der Waals surface area contributed by atoms with E-state index >= 15 is 0 Å². The normalized spacial score (nSPS) is 16.1. The Kier molecular flexibility index (Phi) is 5.80. The molecule has 2 aromatic carbocycles. The van der Waals surface area contributed by atoms with E-state index in [2.05, 4.69) is 15.5 Å². The molecule has 1 N–H and O–H groups in total. The van der Waals surface area contributed by atoms with E-state index in [1.54, 1.807) is 30.3 Å². The van der Waals surface area contributed by atoms with Crippen LogP contribution < -0.4 is 10.1 Å². The van der Waals surface area contributed by atoms with Crippen molar-refractivity contribution in [3.8, 4) is 5.75 Å². The number of alkyl halides is 3. The van der Waals surface area contributed by atoms with Gasteiger partial charge in [-0.1, -0.05) is 36.0 Å². The number of amides is 1. The summed E-state index contributed by atoms with van der Waals surface area (Å²) in [4.78, 5) is 11.1. The fourth-order valence-corrected chi connectivity index (χ4v) is 2.85. The van der Waals surface area contributed by atoms with E-state index < -0.39 is 11.7 Å². The third kappa shape index (κ3) is 5.58. The largest absolute Gasteiger partial charge is 0.489 e. The molecule has 0 unspecified atom stereocenters. The summed E-state index contributed by atoms with van der Waals surface area (Å²) >= 11 is 1.27. The van der Waals surface area contributed by atoms with Crippen LogP contribution in [0.25, 0.3) is 0 Å². The fraction of sp³-hybridized carbons (Fsp3) is 0.167. The van der Waals surface area contributed by atoms with Gasteiger partial charge >= 0.3 is 6.18 Å². The molecule has 1 aliphatic rings. The molecule has 0 saturated carbocycles. The molecular weight excluding hydrogens is 379 g/mol. The molecular formula is C18H14F3N3O2S. The van der Waals surface area contributed by atoms with Gasteiger partial charge in [0.15, 0.2) is 5.17 Å². The summed E-state index contributed by atoms with van der Waals surface area (Å²) in [7, 11) is 0. The van der Waals surface area contributed by atoms with Crippen molar-refractivity contribution in [3.05, 3.63) is 65.2 Å². The maximum atomic E-state index is 12.7. The maximum Gasteiger partial charge on any atom is 0.416 e. The van der Waals surface area contributed by atoms with Crippen LogP contribution in [0.1, 0.15) is 16.7 Å². The molecule has 27 heavy (non-hydrogen) atoms. The molecule has 9 heteroatoms. The molecule has 1 amide bonds. The van der Waals surface area contributed by atoms with E-state index in [0.717, 1.165) is 12.1 Å². The average Bonchev–Trinajstić information content (AvgIpc) is 3.05. The molecule has 0 atom stereocenters. The zero-order chi connectivity index (χ0) is 19.3. The Bertz CT molecular complexity index is 897. The summed E-state index contributed by atoms with van der Waals surface area (Å²) in [6, 6.07) is 11.9. The molecule has 5 nitrogen and oxygen atoms in total. The van der Waals surface area contributed by atoms with Gasteiger partial charge in [0.1, 0.15) is 12.4 Å². The third-order valence-electron chi connectivity index (χ3n) is 3.46. The number of nitrogens with one attached hydrogen (secondary N) is 1. The predicted molar refractivity (Wildman–Crippen MR) is 97.8 cm³/mol. The summed E-state index contributed by atoms with van der Waals surface area (Å²) in [6.07, 6.45) is -2.89. The molecule has 1 saturated heterocycles. The van der Waals surface area contributed by atoms with Gasteiger partial charge in [0.2, 0.25) is 5.91 Å². The summed E-state index contributed by atoms with van der Waals surface area (Å²) in [6.45, 7) is 0.00941. The number of benzene rings is 2. The molecule has 0 radical (unpaired) electrons. The Labute approximate surface area is 157 Å². The van der Waals surface area contributed by atoms with Crippen LogP contribution >= 0.6 is 11.8 Å². The van der Waals surface area contributed by atoms with Gasteiger partial charge in [-0.05, 0) is 35.4 Å². The minimum atomic E-state index is -4.38. The van der Waals surface area contributed by atoms with E-state index in [4.69, 9.17) is 4.74 Å². The third-order valence-corrected chi connectivity index (χ3v) is 4.32. The second kappa shape index (κ2) is 8.26. The number of amidine groups is 1. The van der Waals surface area contributed by atoms with Gasteiger partial charge in [0.25, 0.3) is 0 Å². The van der Waals surface area contributed by atoms with Gasteiger partial charge in [-0.15, -0.1) is 5.10 Å². The van der Waals surface area contributed by atoms with Crippen molar-refractivity contribution in [2.24, 2.45) is 10.2 Å². The highest BCUT2D eigenvalue weighted by atomic mass is 32.2. The topological polar surface area (TPSA) is 63.0 Å². The second-order valence-electron chi connectivity index (χ2n) is 5.55. The number of hydrogen-bond donors (Lipinski definition) is 1. The van der Waals surface area contributed by atoms with E-state index in [1.165, 1.54) is 24.0 Å². The van der Waals surface area contributed by atoms with Crippen LogP contribution in [0.3, 0.4) is 0 Å². The number of rotatable bonds is 5. The highest BCUT2D eigenvalue weighted by molar-refractivity contribution is 8.15. The second-order valence-corrected chi connectivity index (χ2v) is 6.51. The van der Waals surface area contributed by atoms with Gasteiger partial charge in [0, 0.05) is 0 Å². The van der Waals surface area contributed by atoms with Crippen LogP contribution in [0.4, 0.5) is 13.2 Å². The monoisotopic (exact) mass is 393 g/mol. The molecule has 1 heterocycles. The highest BCUT2D eigenvalue weighted by Crippen LogP contribution is 2.29. The maximum absolute atomic E-state index is 12.7. The highest BCUT2D eigenvalue weighted by Gasteiger charge is 2.30. The quantitative estimate of drug-likeness (QED) is 0.620. The van der Waals surface area contributed by atoms with E-state index in [-0.39, 0.29) is 12.5 Å². The number of nitrogens with zero attached hydrogens (tertiary/aromatic N) is 2. The first-order chi connectivity index (χ1) is 12.9. The van der Waals surface area contributed by atoms with Crippen molar-refractivity contribution >= 4 is 29.1 Å². The first-order valence-electron chi connectivity index (χ1n) is 7.83. The molecule has 0 bridgehead atoms. The average molecular weight is 393 g/mol. The van der Waals surface area contributed by atoms with Crippen molar-refractivity contribution in [3.63, 3.8) is 0 Å². The van der Waals surface area contributed by atoms with Crippen molar-refractivity contribution < 1.29 is 22.7 Å². The lowest BCUT2D eigenvalue weighted by Gasteiger charge is -2.10.